The van der Waals surface area contributed by atoms with Gasteiger partial charge in [-0.1, -0.05) is 54.6 Å². The summed E-state index contributed by atoms with van der Waals surface area (Å²) in [6.45, 7) is 7.50. The Bertz CT molecular complexity index is 946. The summed E-state index contributed by atoms with van der Waals surface area (Å²) in [6, 6.07) is 19.1. The van der Waals surface area contributed by atoms with Gasteiger partial charge in [0.15, 0.2) is 11.5 Å². The summed E-state index contributed by atoms with van der Waals surface area (Å²) in [5, 5.41) is 0. The standard InChI is InChI=1S/C24H24O2.H4N2/c1-4-25-23-21(17-11-7-6-8-12-17)16(3)20-15-18-13-9-10-14-19(18)22(20)24(23)26-5-2;1-2/h6-14H,4-5,15H2,1-3H3;1-2H2. The van der Waals surface area contributed by atoms with Crippen LogP contribution in [0.5, 0.6) is 11.5 Å². The minimum Gasteiger partial charge on any atom is -0.489 e. The highest BCUT2D eigenvalue weighted by atomic mass is 16.5. The van der Waals surface area contributed by atoms with Crippen molar-refractivity contribution >= 4 is 0 Å². The predicted molar refractivity (Wildman–Crippen MR) is 116 cm³/mol. The molecule has 1 aliphatic carbocycles. The largest absolute Gasteiger partial charge is 0.489 e. The zero-order chi connectivity index (χ0) is 20.1. The van der Waals surface area contributed by atoms with E-state index >= 15 is 0 Å². The fourth-order valence-corrected chi connectivity index (χ4v) is 4.00. The van der Waals surface area contributed by atoms with E-state index in [1.165, 1.54) is 33.4 Å². The average molecular weight is 377 g/mol. The van der Waals surface area contributed by atoms with E-state index in [1.54, 1.807) is 0 Å². The third-order valence-corrected chi connectivity index (χ3v) is 5.08. The monoisotopic (exact) mass is 376 g/mol. The number of nitrogens with two attached hydrogens (primary N) is 2. The molecule has 0 heterocycles. The molecule has 0 radical (unpaired) electrons. The maximum absolute atomic E-state index is 6.18. The third kappa shape index (κ3) is 3.37. The summed E-state index contributed by atoms with van der Waals surface area (Å²) < 4.78 is 12.4. The van der Waals surface area contributed by atoms with E-state index in [1.807, 2.05) is 19.9 Å². The highest BCUT2D eigenvalue weighted by Crippen LogP contribution is 2.53. The maximum Gasteiger partial charge on any atom is 0.169 e. The van der Waals surface area contributed by atoms with E-state index < -0.39 is 0 Å². The number of hydrogen-bond donors (Lipinski definition) is 2. The normalized spacial score (nSPS) is 11.2. The van der Waals surface area contributed by atoms with Crippen molar-refractivity contribution in [2.75, 3.05) is 13.2 Å². The molecule has 4 N–H and O–H groups in total. The van der Waals surface area contributed by atoms with Crippen LogP contribution in [0.3, 0.4) is 0 Å². The van der Waals surface area contributed by atoms with E-state index in [0.717, 1.165) is 23.5 Å². The van der Waals surface area contributed by atoms with E-state index in [0.29, 0.717) is 13.2 Å². The van der Waals surface area contributed by atoms with Gasteiger partial charge in [0, 0.05) is 11.1 Å². The third-order valence-electron chi connectivity index (χ3n) is 5.08. The maximum atomic E-state index is 6.18. The van der Waals surface area contributed by atoms with Crippen molar-refractivity contribution in [3.05, 3.63) is 71.3 Å². The highest BCUT2D eigenvalue weighted by Gasteiger charge is 2.30. The fourth-order valence-electron chi connectivity index (χ4n) is 4.00. The summed E-state index contributed by atoms with van der Waals surface area (Å²) >= 11 is 0. The lowest BCUT2D eigenvalue weighted by atomic mass is 9.91. The molecule has 0 bridgehead atoms. The van der Waals surface area contributed by atoms with Crippen LogP contribution in [0.1, 0.15) is 30.5 Å². The number of ether oxygens (including phenoxy) is 2. The molecule has 0 spiro atoms. The lowest BCUT2D eigenvalue weighted by Crippen LogP contribution is -2.05. The van der Waals surface area contributed by atoms with Gasteiger partial charge in [-0.25, -0.2) is 0 Å². The Balaban J connectivity index is 0.00000109. The van der Waals surface area contributed by atoms with Gasteiger partial charge < -0.3 is 9.47 Å². The minimum absolute atomic E-state index is 0.611. The van der Waals surface area contributed by atoms with Gasteiger partial charge in [0.05, 0.1) is 13.2 Å². The predicted octanol–water partition coefficient (Wildman–Crippen LogP) is 4.85. The summed E-state index contributed by atoms with van der Waals surface area (Å²) in [5.41, 5.74) is 8.82. The van der Waals surface area contributed by atoms with Crippen LogP contribution in [-0.4, -0.2) is 13.2 Å². The van der Waals surface area contributed by atoms with Crippen LogP contribution in [0.25, 0.3) is 22.3 Å². The lowest BCUT2D eigenvalue weighted by molar-refractivity contribution is 0.289. The zero-order valence-corrected chi connectivity index (χ0v) is 16.8. The molecule has 4 nitrogen and oxygen atoms in total. The second kappa shape index (κ2) is 8.91. The molecule has 0 aliphatic heterocycles. The molecule has 0 atom stereocenters. The van der Waals surface area contributed by atoms with Crippen LogP contribution in [0, 0.1) is 6.92 Å². The quantitative estimate of drug-likeness (QED) is 0.386. The van der Waals surface area contributed by atoms with Crippen LogP contribution in [-0.2, 0) is 6.42 Å². The second-order valence-electron chi connectivity index (χ2n) is 6.58. The number of hydrazine groups is 1. The zero-order valence-electron chi connectivity index (χ0n) is 16.8. The van der Waals surface area contributed by atoms with Crippen LogP contribution in [0.2, 0.25) is 0 Å². The van der Waals surface area contributed by atoms with Crippen molar-refractivity contribution in [1.82, 2.24) is 0 Å². The molecule has 3 aromatic carbocycles. The van der Waals surface area contributed by atoms with Gasteiger partial charge in [0.2, 0.25) is 0 Å². The molecule has 4 rings (SSSR count). The second-order valence-corrected chi connectivity index (χ2v) is 6.58. The first-order valence-corrected chi connectivity index (χ1v) is 9.68. The van der Waals surface area contributed by atoms with Crippen molar-refractivity contribution in [3.8, 4) is 33.8 Å². The number of fused-ring (bicyclic) bond motifs is 3. The Morgan fingerprint density at radius 3 is 2.00 bits per heavy atom. The number of rotatable bonds is 5. The van der Waals surface area contributed by atoms with Crippen LogP contribution in [0.4, 0.5) is 0 Å². The van der Waals surface area contributed by atoms with E-state index in [-0.39, 0.29) is 0 Å². The van der Waals surface area contributed by atoms with Gasteiger partial charge in [-0.15, -0.1) is 0 Å². The molecule has 0 fully saturated rings. The smallest absolute Gasteiger partial charge is 0.169 e. The van der Waals surface area contributed by atoms with Crippen LogP contribution >= 0.6 is 0 Å². The SMILES string of the molecule is CCOc1c(OCC)c2c(c(C)c1-c1ccccc1)Cc1ccccc1-2.NN. The Morgan fingerprint density at radius 1 is 0.786 bits per heavy atom. The van der Waals surface area contributed by atoms with Gasteiger partial charge in [0.25, 0.3) is 0 Å². The van der Waals surface area contributed by atoms with Gasteiger partial charge in [-0.05, 0) is 55.0 Å². The Hall–Kier alpha value is -2.82. The van der Waals surface area contributed by atoms with Crippen molar-refractivity contribution in [3.63, 3.8) is 0 Å². The average Bonchev–Trinajstić information content (AvgIpc) is 3.13. The highest BCUT2D eigenvalue weighted by molar-refractivity contribution is 5.92. The lowest BCUT2D eigenvalue weighted by Gasteiger charge is -2.22. The van der Waals surface area contributed by atoms with Gasteiger partial charge >= 0.3 is 0 Å². The van der Waals surface area contributed by atoms with E-state index in [2.05, 4.69) is 67.1 Å². The molecule has 28 heavy (non-hydrogen) atoms. The van der Waals surface area contributed by atoms with Crippen molar-refractivity contribution in [1.29, 1.82) is 0 Å². The molecule has 1 aliphatic rings. The molecule has 146 valence electrons. The van der Waals surface area contributed by atoms with Gasteiger partial charge in [0.1, 0.15) is 0 Å². The molecule has 0 saturated carbocycles. The van der Waals surface area contributed by atoms with Crippen molar-refractivity contribution < 1.29 is 9.47 Å². The fraction of sp³-hybridized carbons (Fsp3) is 0.250. The topological polar surface area (TPSA) is 70.5 Å². The molecule has 4 heteroatoms. The first kappa shape index (κ1) is 19.9. The molecule has 0 unspecified atom stereocenters. The molecule has 0 amide bonds. The summed E-state index contributed by atoms with van der Waals surface area (Å²) in [6.07, 6.45) is 0.948. The van der Waals surface area contributed by atoms with Crippen molar-refractivity contribution in [2.45, 2.75) is 27.2 Å². The first-order chi connectivity index (χ1) is 13.8. The Labute approximate surface area is 167 Å². The molecule has 0 aromatic heterocycles. The van der Waals surface area contributed by atoms with Crippen molar-refractivity contribution in [2.24, 2.45) is 11.7 Å². The summed E-state index contributed by atoms with van der Waals surface area (Å²) in [4.78, 5) is 0. The Kier molecular flexibility index (Phi) is 6.34. The summed E-state index contributed by atoms with van der Waals surface area (Å²) in [7, 11) is 0. The first-order valence-electron chi connectivity index (χ1n) is 9.68. The molecular weight excluding hydrogens is 348 g/mol. The number of benzene rings is 3. The van der Waals surface area contributed by atoms with E-state index in [9.17, 15) is 0 Å². The van der Waals surface area contributed by atoms with E-state index in [4.69, 9.17) is 9.47 Å². The number of hydrogen-bond acceptors (Lipinski definition) is 4. The molecule has 3 aromatic rings. The van der Waals surface area contributed by atoms with Crippen LogP contribution < -0.4 is 21.2 Å². The molecular formula is C24H28N2O2. The van der Waals surface area contributed by atoms with Gasteiger partial charge in [-0.3, -0.25) is 11.7 Å². The minimum atomic E-state index is 0.611. The van der Waals surface area contributed by atoms with Crippen LogP contribution in [0.15, 0.2) is 54.6 Å². The molecule has 0 saturated heterocycles. The Morgan fingerprint density at radius 2 is 1.36 bits per heavy atom. The summed E-state index contributed by atoms with van der Waals surface area (Å²) in [5.74, 6) is 9.76. The van der Waals surface area contributed by atoms with Gasteiger partial charge in [-0.2, -0.15) is 0 Å².